The summed E-state index contributed by atoms with van der Waals surface area (Å²) < 4.78 is 3.68. The van der Waals surface area contributed by atoms with Gasteiger partial charge in [-0.05, 0) is 11.5 Å². The van der Waals surface area contributed by atoms with Crippen LogP contribution in [0.4, 0.5) is 5.69 Å². The van der Waals surface area contributed by atoms with Gasteiger partial charge in [0.05, 0.1) is 11.9 Å². The molecule has 1 aromatic rings. The Morgan fingerprint density at radius 1 is 1.88 bits per heavy atom. The summed E-state index contributed by atoms with van der Waals surface area (Å²) in [5, 5.41) is 0. The summed E-state index contributed by atoms with van der Waals surface area (Å²) in [4.78, 5) is 10.5. The highest BCUT2D eigenvalue weighted by atomic mass is 32.1. The zero-order chi connectivity index (χ0) is 5.98. The van der Waals surface area contributed by atoms with Crippen LogP contribution < -0.4 is 5.73 Å². The third-order valence-electron chi connectivity index (χ3n) is 0.734. The van der Waals surface area contributed by atoms with Gasteiger partial charge in [0, 0.05) is 0 Å². The molecule has 0 bridgehead atoms. The maximum atomic E-state index is 9.98. The smallest absolute Gasteiger partial charge is 0.163 e. The van der Waals surface area contributed by atoms with Crippen LogP contribution in [0.2, 0.25) is 0 Å². The van der Waals surface area contributed by atoms with Crippen molar-refractivity contribution in [1.82, 2.24) is 4.37 Å². The third kappa shape index (κ3) is 0.696. The van der Waals surface area contributed by atoms with Gasteiger partial charge < -0.3 is 5.73 Å². The van der Waals surface area contributed by atoms with Crippen LogP contribution >= 0.6 is 11.5 Å². The number of nitrogen functional groups attached to an aromatic ring is 1. The van der Waals surface area contributed by atoms with E-state index in [2.05, 4.69) is 4.37 Å². The molecule has 0 radical (unpaired) electrons. The van der Waals surface area contributed by atoms with Gasteiger partial charge in [0.15, 0.2) is 6.29 Å². The molecule has 0 saturated heterocycles. The van der Waals surface area contributed by atoms with Crippen molar-refractivity contribution >= 4 is 23.5 Å². The van der Waals surface area contributed by atoms with Crippen LogP contribution in [0, 0.1) is 0 Å². The second-order valence-electron chi connectivity index (χ2n) is 1.26. The number of carbonyl (C=O) groups is 1. The Morgan fingerprint density at radius 3 is 2.88 bits per heavy atom. The molecule has 1 rings (SSSR count). The van der Waals surface area contributed by atoms with Gasteiger partial charge in [0.25, 0.3) is 0 Å². The lowest BCUT2D eigenvalue weighted by Crippen LogP contribution is -1.83. The highest BCUT2D eigenvalue weighted by molar-refractivity contribution is 7.08. The fourth-order valence-electron chi connectivity index (χ4n) is 0.346. The Balaban J connectivity index is 3.09. The SMILES string of the molecule is Nc1cnsc1C=O. The number of nitrogens with zero attached hydrogens (tertiary/aromatic N) is 1. The van der Waals surface area contributed by atoms with Crippen LogP contribution in [-0.4, -0.2) is 10.7 Å². The molecule has 0 amide bonds. The maximum Gasteiger partial charge on any atom is 0.163 e. The molecule has 0 aromatic carbocycles. The molecule has 0 aliphatic rings. The molecule has 3 nitrogen and oxygen atoms in total. The highest BCUT2D eigenvalue weighted by Gasteiger charge is 1.96. The summed E-state index contributed by atoms with van der Waals surface area (Å²) in [6.07, 6.45) is 2.17. The zero-order valence-electron chi connectivity index (χ0n) is 4.00. The minimum absolute atomic E-state index is 0.463. The number of aromatic nitrogens is 1. The van der Waals surface area contributed by atoms with Crippen molar-refractivity contribution in [2.45, 2.75) is 0 Å². The Labute approximate surface area is 50.3 Å². The van der Waals surface area contributed by atoms with Gasteiger partial charge in [-0.1, -0.05) is 0 Å². The van der Waals surface area contributed by atoms with E-state index in [1.165, 1.54) is 6.20 Å². The van der Waals surface area contributed by atoms with Gasteiger partial charge >= 0.3 is 0 Å². The first-order chi connectivity index (χ1) is 3.84. The van der Waals surface area contributed by atoms with Crippen molar-refractivity contribution in [2.75, 3.05) is 5.73 Å². The molecule has 0 atom stereocenters. The van der Waals surface area contributed by atoms with Gasteiger partial charge in [-0.15, -0.1) is 0 Å². The summed E-state index contributed by atoms with van der Waals surface area (Å²) in [5.74, 6) is 0. The lowest BCUT2D eigenvalue weighted by Gasteiger charge is -1.77. The molecule has 8 heavy (non-hydrogen) atoms. The molecular weight excluding hydrogens is 124 g/mol. The Kier molecular flexibility index (Phi) is 1.26. The molecule has 0 aliphatic heterocycles. The Bertz CT molecular complexity index is 196. The van der Waals surface area contributed by atoms with Crippen LogP contribution in [0.15, 0.2) is 6.20 Å². The van der Waals surface area contributed by atoms with Crippen molar-refractivity contribution < 1.29 is 4.79 Å². The van der Waals surface area contributed by atoms with Gasteiger partial charge in [-0.3, -0.25) is 4.79 Å². The number of aldehydes is 1. The molecule has 42 valence electrons. The van der Waals surface area contributed by atoms with E-state index in [9.17, 15) is 4.79 Å². The van der Waals surface area contributed by atoms with E-state index < -0.39 is 0 Å². The minimum Gasteiger partial charge on any atom is -0.396 e. The van der Waals surface area contributed by atoms with E-state index >= 15 is 0 Å². The normalized spacial score (nSPS) is 9.00. The van der Waals surface area contributed by atoms with Gasteiger partial charge in [-0.25, -0.2) is 0 Å². The fourth-order valence-corrected chi connectivity index (χ4v) is 0.827. The summed E-state index contributed by atoms with van der Waals surface area (Å²) in [7, 11) is 0. The molecule has 0 aliphatic carbocycles. The monoisotopic (exact) mass is 128 g/mol. The van der Waals surface area contributed by atoms with Gasteiger partial charge in [0.2, 0.25) is 0 Å². The number of nitrogens with two attached hydrogens (primary N) is 1. The lowest BCUT2D eigenvalue weighted by molar-refractivity contribution is 0.112. The average molecular weight is 128 g/mol. The molecule has 2 N–H and O–H groups in total. The van der Waals surface area contributed by atoms with E-state index in [-0.39, 0.29) is 0 Å². The van der Waals surface area contributed by atoms with E-state index in [4.69, 9.17) is 5.73 Å². The predicted molar refractivity (Wildman–Crippen MR) is 31.9 cm³/mol. The fraction of sp³-hybridized carbons (Fsp3) is 0. The largest absolute Gasteiger partial charge is 0.396 e. The lowest BCUT2D eigenvalue weighted by atomic mass is 10.5. The number of hydrogen-bond acceptors (Lipinski definition) is 4. The summed E-state index contributed by atoms with van der Waals surface area (Å²) in [5.41, 5.74) is 5.73. The van der Waals surface area contributed by atoms with Crippen LogP contribution in [0.25, 0.3) is 0 Å². The van der Waals surface area contributed by atoms with Crippen molar-refractivity contribution in [3.63, 3.8) is 0 Å². The molecule has 0 saturated carbocycles. The molecule has 1 aromatic heterocycles. The average Bonchev–Trinajstić information content (AvgIpc) is 2.14. The van der Waals surface area contributed by atoms with Crippen molar-refractivity contribution in [3.05, 3.63) is 11.1 Å². The quantitative estimate of drug-likeness (QED) is 0.561. The Hall–Kier alpha value is -0.900. The summed E-state index contributed by atoms with van der Waals surface area (Å²) in [6, 6.07) is 0. The first kappa shape index (κ1) is 5.24. The van der Waals surface area contributed by atoms with Crippen LogP contribution in [0.5, 0.6) is 0 Å². The molecule has 0 unspecified atom stereocenters. The first-order valence-corrected chi connectivity index (χ1v) is 2.77. The zero-order valence-corrected chi connectivity index (χ0v) is 4.81. The van der Waals surface area contributed by atoms with Crippen molar-refractivity contribution in [3.8, 4) is 0 Å². The number of anilines is 1. The molecule has 1 heterocycles. The maximum absolute atomic E-state index is 9.98. The molecule has 0 spiro atoms. The van der Waals surface area contributed by atoms with Crippen LogP contribution in [0.3, 0.4) is 0 Å². The van der Waals surface area contributed by atoms with Gasteiger partial charge in [0.1, 0.15) is 4.88 Å². The predicted octanol–water partition coefficient (Wildman–Crippen LogP) is 0.538. The second kappa shape index (κ2) is 1.92. The Morgan fingerprint density at radius 2 is 2.62 bits per heavy atom. The van der Waals surface area contributed by atoms with E-state index in [0.29, 0.717) is 16.9 Å². The van der Waals surface area contributed by atoms with E-state index in [1.807, 2.05) is 0 Å². The van der Waals surface area contributed by atoms with Crippen molar-refractivity contribution in [1.29, 1.82) is 0 Å². The number of carbonyl (C=O) groups excluding carboxylic acids is 1. The van der Waals surface area contributed by atoms with E-state index in [0.717, 1.165) is 11.5 Å². The van der Waals surface area contributed by atoms with Crippen LogP contribution in [0.1, 0.15) is 9.67 Å². The first-order valence-electron chi connectivity index (χ1n) is 2.00. The highest BCUT2D eigenvalue weighted by Crippen LogP contribution is 2.10. The third-order valence-corrected chi connectivity index (χ3v) is 1.47. The van der Waals surface area contributed by atoms with E-state index in [1.54, 1.807) is 0 Å². The molecule has 0 fully saturated rings. The molecular formula is C4H4N2OS. The standard InChI is InChI=1S/C4H4N2OS/c5-3-1-6-8-4(3)2-7/h1-2H,5H2. The number of hydrogen-bond donors (Lipinski definition) is 1. The number of rotatable bonds is 1. The van der Waals surface area contributed by atoms with Gasteiger partial charge in [-0.2, -0.15) is 4.37 Å². The second-order valence-corrected chi connectivity index (χ2v) is 2.10. The van der Waals surface area contributed by atoms with Crippen molar-refractivity contribution in [2.24, 2.45) is 0 Å². The summed E-state index contributed by atoms with van der Waals surface area (Å²) >= 11 is 1.11. The minimum atomic E-state index is 0.463. The topological polar surface area (TPSA) is 56.0 Å². The molecule has 4 heteroatoms. The summed E-state index contributed by atoms with van der Waals surface area (Å²) in [6.45, 7) is 0. The van der Waals surface area contributed by atoms with Crippen LogP contribution in [-0.2, 0) is 0 Å².